The van der Waals surface area contributed by atoms with Gasteiger partial charge in [0.05, 0.1) is 5.39 Å². The van der Waals surface area contributed by atoms with E-state index >= 15 is 0 Å². The predicted octanol–water partition coefficient (Wildman–Crippen LogP) is 3.25. The first kappa shape index (κ1) is 27.9. The second-order valence-corrected chi connectivity index (χ2v) is 10.0. The van der Waals surface area contributed by atoms with Crippen LogP contribution >= 0.6 is 0 Å². The predicted molar refractivity (Wildman–Crippen MR) is 141 cm³/mol. The second kappa shape index (κ2) is 11.1. The van der Waals surface area contributed by atoms with Gasteiger partial charge < -0.3 is 24.1 Å². The van der Waals surface area contributed by atoms with E-state index in [0.29, 0.717) is 29.9 Å². The van der Waals surface area contributed by atoms with Crippen molar-refractivity contribution < 1.29 is 42.9 Å². The summed E-state index contributed by atoms with van der Waals surface area (Å²) in [4.78, 5) is 50.4. The molecule has 0 saturated carbocycles. The van der Waals surface area contributed by atoms with Gasteiger partial charge in [-0.25, -0.2) is 9.07 Å². The van der Waals surface area contributed by atoms with Gasteiger partial charge in [-0.3, -0.25) is 19.2 Å². The molecule has 0 amide bonds. The number of halogens is 1. The fraction of sp³-hybridized carbons (Fsp3) is 0.357. The first-order chi connectivity index (χ1) is 19.6. The number of ketones is 1. The number of aliphatic carboxylic acids is 2. The number of carbonyl (C=O) groups is 3. The summed E-state index contributed by atoms with van der Waals surface area (Å²) < 4.78 is 32.1. The van der Waals surface area contributed by atoms with Crippen LogP contribution in [0.4, 0.5) is 4.39 Å². The van der Waals surface area contributed by atoms with Gasteiger partial charge in [0.15, 0.2) is 17.0 Å². The van der Waals surface area contributed by atoms with Gasteiger partial charge in [0.2, 0.25) is 0 Å². The molecule has 0 aliphatic carbocycles. The van der Waals surface area contributed by atoms with Crippen molar-refractivity contribution in [3.8, 4) is 5.75 Å². The van der Waals surface area contributed by atoms with Crippen molar-refractivity contribution in [2.75, 3.05) is 19.8 Å². The van der Waals surface area contributed by atoms with E-state index in [1.54, 1.807) is 30.3 Å². The molecule has 0 spiro atoms. The zero-order chi connectivity index (χ0) is 29.2. The van der Waals surface area contributed by atoms with Crippen molar-refractivity contribution in [3.63, 3.8) is 0 Å². The van der Waals surface area contributed by atoms with Gasteiger partial charge in [-0.1, -0.05) is 17.3 Å². The summed E-state index contributed by atoms with van der Waals surface area (Å²) in [5.41, 5.74) is -4.05. The lowest BCUT2D eigenvalue weighted by atomic mass is 9.79. The van der Waals surface area contributed by atoms with E-state index in [1.165, 1.54) is 18.2 Å². The molecular formula is C28H26FN3O9. The van der Waals surface area contributed by atoms with E-state index in [1.807, 2.05) is 0 Å². The number of hydrogen-bond acceptors (Lipinski definition) is 9. The van der Waals surface area contributed by atoms with Crippen LogP contribution in [0.15, 0.2) is 57.7 Å². The molecule has 1 saturated heterocycles. The van der Waals surface area contributed by atoms with E-state index < -0.39 is 53.8 Å². The highest BCUT2D eigenvalue weighted by molar-refractivity contribution is 6.06. The molecule has 41 heavy (non-hydrogen) atoms. The molecule has 1 aliphatic rings. The number of nitrogens with zero attached hydrogens (tertiary/aromatic N) is 3. The molecule has 2 N–H and O–H groups in total. The lowest BCUT2D eigenvalue weighted by Crippen LogP contribution is -2.43. The first-order valence-corrected chi connectivity index (χ1v) is 12.9. The Labute approximate surface area is 231 Å². The Kier molecular flexibility index (Phi) is 7.54. The molecule has 1 fully saturated rings. The summed E-state index contributed by atoms with van der Waals surface area (Å²) in [5.74, 6) is -4.28. The maximum atomic E-state index is 14.8. The van der Waals surface area contributed by atoms with Gasteiger partial charge in [0.1, 0.15) is 29.1 Å². The summed E-state index contributed by atoms with van der Waals surface area (Å²) in [6.45, 7) is 0.0425. The highest BCUT2D eigenvalue weighted by Gasteiger charge is 2.48. The van der Waals surface area contributed by atoms with Crippen LogP contribution in [0.1, 0.15) is 36.2 Å². The van der Waals surface area contributed by atoms with Gasteiger partial charge in [-0.15, -0.1) is 5.10 Å². The number of carbonyl (C=O) groups excluding carboxylic acids is 1. The third kappa shape index (κ3) is 5.66. The lowest BCUT2D eigenvalue weighted by molar-refractivity contribution is -0.165. The zero-order valence-corrected chi connectivity index (χ0v) is 21.7. The van der Waals surface area contributed by atoms with Crippen molar-refractivity contribution in [1.82, 2.24) is 15.0 Å². The minimum Gasteiger partial charge on any atom is -0.490 e. The van der Waals surface area contributed by atoms with Crippen LogP contribution in [-0.4, -0.2) is 68.4 Å². The molecule has 0 unspecified atom stereocenters. The molecule has 0 bridgehead atoms. The van der Waals surface area contributed by atoms with Gasteiger partial charge in [0, 0.05) is 44.4 Å². The Morgan fingerprint density at radius 1 is 1.07 bits per heavy atom. The molecule has 214 valence electrons. The van der Waals surface area contributed by atoms with Gasteiger partial charge >= 0.3 is 11.9 Å². The van der Waals surface area contributed by atoms with Gasteiger partial charge in [-0.2, -0.15) is 0 Å². The Morgan fingerprint density at radius 2 is 1.80 bits per heavy atom. The van der Waals surface area contributed by atoms with Crippen molar-refractivity contribution in [1.29, 1.82) is 0 Å². The Morgan fingerprint density at radius 3 is 2.54 bits per heavy atom. The van der Waals surface area contributed by atoms with Crippen LogP contribution in [0.3, 0.4) is 0 Å². The molecule has 1 aliphatic heterocycles. The minimum absolute atomic E-state index is 0.171. The molecule has 3 heterocycles. The quantitative estimate of drug-likeness (QED) is 0.201. The second-order valence-electron chi connectivity index (χ2n) is 10.0. The third-order valence-corrected chi connectivity index (χ3v) is 7.31. The average Bonchev–Trinajstić information content (AvgIpc) is 3.39. The number of aryl methyl sites for hydroxylation is 1. The van der Waals surface area contributed by atoms with E-state index in [4.69, 9.17) is 13.9 Å². The molecular weight excluding hydrogens is 541 g/mol. The fourth-order valence-electron chi connectivity index (χ4n) is 4.72. The maximum absolute atomic E-state index is 14.8. The number of aromatic nitrogens is 3. The summed E-state index contributed by atoms with van der Waals surface area (Å²) in [7, 11) is 0. The largest absolute Gasteiger partial charge is 0.490 e. The Bertz CT molecular complexity index is 1680. The number of fused-ring (bicyclic) bond motifs is 2. The molecule has 12 nitrogen and oxygen atoms in total. The van der Waals surface area contributed by atoms with Crippen molar-refractivity contribution in [2.24, 2.45) is 5.41 Å². The van der Waals surface area contributed by atoms with Crippen LogP contribution in [-0.2, 0) is 20.9 Å². The van der Waals surface area contributed by atoms with Gasteiger partial charge in [-0.05, 0) is 42.8 Å². The van der Waals surface area contributed by atoms with Crippen LogP contribution in [0.2, 0.25) is 0 Å². The number of Topliss-reactive ketones (excluding diaryl/α,β-unsaturated/α-hetero) is 1. The number of furan rings is 1. The number of carboxylic acid groups (broad SMARTS) is 2. The topological polar surface area (TPSA) is 171 Å². The molecule has 2 aromatic carbocycles. The number of hydrogen-bond donors (Lipinski definition) is 2. The van der Waals surface area contributed by atoms with Crippen molar-refractivity contribution in [3.05, 3.63) is 64.6 Å². The molecule has 13 heteroatoms. The molecule has 0 radical (unpaired) electrons. The van der Waals surface area contributed by atoms with E-state index in [0.717, 1.165) is 4.68 Å². The number of rotatable bonds is 11. The Hall–Kier alpha value is -4.65. The number of benzene rings is 2. The highest BCUT2D eigenvalue weighted by atomic mass is 19.1. The highest BCUT2D eigenvalue weighted by Crippen LogP contribution is 2.33. The van der Waals surface area contributed by atoms with Crippen molar-refractivity contribution in [2.45, 2.75) is 37.9 Å². The summed E-state index contributed by atoms with van der Waals surface area (Å²) in [5, 5.41) is 28.2. The van der Waals surface area contributed by atoms with Crippen LogP contribution in [0, 0.1) is 5.41 Å². The fourth-order valence-corrected chi connectivity index (χ4v) is 4.72. The SMILES string of the molecule is O=C(CC(CCn1nnc2ccccc2c1=O)(C(=O)O)C(=O)O)c1cc2cc(OCC3(F)CCOCC3)ccc2o1. The lowest BCUT2D eigenvalue weighted by Gasteiger charge is -2.29. The van der Waals surface area contributed by atoms with E-state index in [2.05, 4.69) is 10.3 Å². The van der Waals surface area contributed by atoms with E-state index in [9.17, 15) is 33.8 Å². The summed E-state index contributed by atoms with van der Waals surface area (Å²) in [6.07, 6.45) is -1.12. The Balaban J connectivity index is 1.34. The summed E-state index contributed by atoms with van der Waals surface area (Å²) >= 11 is 0. The first-order valence-electron chi connectivity index (χ1n) is 12.9. The smallest absolute Gasteiger partial charge is 0.321 e. The molecule has 4 aromatic rings. The molecule has 0 atom stereocenters. The van der Waals surface area contributed by atoms with Crippen LogP contribution in [0.25, 0.3) is 21.9 Å². The maximum Gasteiger partial charge on any atom is 0.321 e. The van der Waals surface area contributed by atoms with Crippen LogP contribution < -0.4 is 10.3 Å². The molecule has 5 rings (SSSR count). The zero-order valence-electron chi connectivity index (χ0n) is 21.7. The monoisotopic (exact) mass is 567 g/mol. The van der Waals surface area contributed by atoms with E-state index in [-0.39, 0.29) is 36.2 Å². The third-order valence-electron chi connectivity index (χ3n) is 7.31. The standard InChI is InChI=1S/C28H26FN3O9/c29-27(8-11-39-12-9-27)16-40-18-5-6-22-17(13-18)14-23(41-22)21(33)15-28(25(35)36,26(37)38)7-10-32-24(34)19-3-1-2-4-20(19)30-31-32/h1-6,13-14H,7-12,15-16H2,(H,35,36)(H,37,38). The summed E-state index contributed by atoms with van der Waals surface area (Å²) in [6, 6.07) is 12.4. The van der Waals surface area contributed by atoms with Crippen LogP contribution in [0.5, 0.6) is 5.75 Å². The average molecular weight is 568 g/mol. The molecule has 2 aromatic heterocycles. The van der Waals surface area contributed by atoms with Crippen molar-refractivity contribution >= 4 is 39.6 Å². The normalized spacial score (nSPS) is 15.1. The number of carboxylic acids is 2. The number of ether oxygens (including phenoxy) is 2. The number of alkyl halides is 1. The van der Waals surface area contributed by atoms with Gasteiger partial charge in [0.25, 0.3) is 5.56 Å². The minimum atomic E-state index is -2.57.